The largest absolute Gasteiger partial charge is 0.573 e. The van der Waals surface area contributed by atoms with Gasteiger partial charge in [0.05, 0.1) is 24.3 Å². The van der Waals surface area contributed by atoms with Gasteiger partial charge in [0.2, 0.25) is 5.82 Å². The molecule has 1 aliphatic rings. The van der Waals surface area contributed by atoms with E-state index in [-0.39, 0.29) is 29.9 Å². The summed E-state index contributed by atoms with van der Waals surface area (Å²) in [6.07, 6.45) is -6.43. The van der Waals surface area contributed by atoms with E-state index >= 15 is 0 Å². The first-order chi connectivity index (χ1) is 30.1. The predicted octanol–water partition coefficient (Wildman–Crippen LogP) is 8.48. The van der Waals surface area contributed by atoms with Crippen molar-refractivity contribution in [3.63, 3.8) is 0 Å². The van der Waals surface area contributed by atoms with Crippen LogP contribution in [0.15, 0.2) is 103 Å². The van der Waals surface area contributed by atoms with E-state index in [2.05, 4.69) is 30.0 Å². The van der Waals surface area contributed by atoms with Gasteiger partial charge in [0.1, 0.15) is 5.75 Å². The highest BCUT2D eigenvalue weighted by molar-refractivity contribution is 5.91. The van der Waals surface area contributed by atoms with Gasteiger partial charge in [-0.1, -0.05) is 30.3 Å². The van der Waals surface area contributed by atoms with Gasteiger partial charge in [-0.3, -0.25) is 13.7 Å². The monoisotopic (exact) mass is 874 g/mol. The fourth-order valence-corrected chi connectivity index (χ4v) is 6.91. The molecule has 4 aromatic heterocycles. The molecule has 1 fully saturated rings. The van der Waals surface area contributed by atoms with E-state index in [9.17, 15) is 35.9 Å². The SMILES string of the molecule is CCOC(=O)c1cccc(-c2ccc3nnc(-c4cccc(C(=O)OCC)c4)n3c2)c1.CN1CCN(Cc2cc(-c3ccc4nnc(C(F)(F)F)n4c3)ccc2OC(F)(F)F)CC1. The molecule has 328 valence electrons. The predicted molar refractivity (Wildman–Crippen MR) is 219 cm³/mol. The van der Waals surface area contributed by atoms with Gasteiger partial charge >= 0.3 is 24.5 Å². The van der Waals surface area contributed by atoms with E-state index in [1.54, 1.807) is 50.2 Å². The molecule has 0 unspecified atom stereocenters. The number of nitrogens with zero attached hydrogens (tertiary/aromatic N) is 8. The minimum atomic E-state index is -4.86. The number of hydrogen-bond acceptors (Lipinski definition) is 11. The number of carbonyl (C=O) groups is 2. The third-order valence-electron chi connectivity index (χ3n) is 10.0. The Hall–Kier alpha value is -6.86. The maximum Gasteiger partial charge on any atom is 0.573 e. The summed E-state index contributed by atoms with van der Waals surface area (Å²) in [5.74, 6) is -1.64. The number of aromatic nitrogens is 6. The molecular formula is C44H40F6N8O5. The molecule has 0 amide bonds. The van der Waals surface area contributed by atoms with Crippen LogP contribution < -0.4 is 4.74 Å². The topological polar surface area (TPSA) is 129 Å². The second kappa shape index (κ2) is 18.6. The van der Waals surface area contributed by atoms with Gasteiger partial charge < -0.3 is 19.1 Å². The molecule has 8 rings (SSSR count). The van der Waals surface area contributed by atoms with Crippen LogP contribution in [0.25, 0.3) is 44.9 Å². The number of esters is 2. The summed E-state index contributed by atoms with van der Waals surface area (Å²) in [4.78, 5) is 28.3. The van der Waals surface area contributed by atoms with E-state index in [0.29, 0.717) is 65.6 Å². The summed E-state index contributed by atoms with van der Waals surface area (Å²) in [6, 6.07) is 25.2. The number of ether oxygens (including phenoxy) is 3. The highest BCUT2D eigenvalue weighted by Gasteiger charge is 2.37. The zero-order valence-corrected chi connectivity index (χ0v) is 34.2. The minimum Gasteiger partial charge on any atom is -0.462 e. The summed E-state index contributed by atoms with van der Waals surface area (Å²) < 4.78 is 95.4. The van der Waals surface area contributed by atoms with Gasteiger partial charge in [0, 0.05) is 56.2 Å². The first-order valence-electron chi connectivity index (χ1n) is 19.7. The summed E-state index contributed by atoms with van der Waals surface area (Å²) in [6.45, 7) is 7.30. The van der Waals surface area contributed by atoms with Crippen LogP contribution in [0.4, 0.5) is 26.3 Å². The summed E-state index contributed by atoms with van der Waals surface area (Å²) >= 11 is 0. The van der Waals surface area contributed by atoms with Crippen LogP contribution in [0.1, 0.15) is 46.0 Å². The standard InChI is InChI=1S/C24H21N3O4.C20H19F6N5O/c1-3-30-23(28)18-9-5-7-16(13-18)20-11-12-21-25-26-22(27(21)15-20)17-8-6-10-19(14-17)24(29)31-4-2;1-29-6-8-30(9-7-29)11-15-10-13(2-4-16(15)32-20(24,25)26)14-3-5-17-27-28-18(19(21,22)23)31(17)12-14/h5-15H,3-4H2,1-2H3;2-5,10,12H,6-9,11H2,1H3. The second-order valence-electron chi connectivity index (χ2n) is 14.4. The van der Waals surface area contributed by atoms with Crippen molar-refractivity contribution in [2.24, 2.45) is 0 Å². The van der Waals surface area contributed by atoms with Crippen LogP contribution in [0.3, 0.4) is 0 Å². The van der Waals surface area contributed by atoms with Crippen LogP contribution >= 0.6 is 0 Å². The summed E-state index contributed by atoms with van der Waals surface area (Å²) in [7, 11) is 1.96. The molecule has 0 aliphatic carbocycles. The Morgan fingerprint density at radius 1 is 0.619 bits per heavy atom. The van der Waals surface area contributed by atoms with Gasteiger partial charge in [0.25, 0.3) is 0 Å². The third-order valence-corrected chi connectivity index (χ3v) is 10.0. The molecule has 0 N–H and O–H groups in total. The lowest BCUT2D eigenvalue weighted by molar-refractivity contribution is -0.275. The highest BCUT2D eigenvalue weighted by Crippen LogP contribution is 2.34. The maximum absolute atomic E-state index is 13.2. The zero-order valence-electron chi connectivity index (χ0n) is 34.2. The highest BCUT2D eigenvalue weighted by atomic mass is 19.4. The van der Waals surface area contributed by atoms with Gasteiger partial charge in [0.15, 0.2) is 17.1 Å². The lowest BCUT2D eigenvalue weighted by atomic mass is 10.0. The normalized spacial score (nSPS) is 13.7. The molecule has 0 bridgehead atoms. The molecule has 63 heavy (non-hydrogen) atoms. The third kappa shape index (κ3) is 10.6. The van der Waals surface area contributed by atoms with Gasteiger partial charge in [-0.2, -0.15) is 13.2 Å². The minimum absolute atomic E-state index is 0.00996. The van der Waals surface area contributed by atoms with Crippen molar-refractivity contribution in [2.75, 3.05) is 46.4 Å². The zero-order chi connectivity index (χ0) is 44.9. The molecule has 3 aromatic carbocycles. The lowest BCUT2D eigenvalue weighted by Gasteiger charge is -2.32. The molecule has 0 radical (unpaired) electrons. The molecule has 0 saturated carbocycles. The van der Waals surface area contributed by atoms with Crippen LogP contribution in [0.2, 0.25) is 0 Å². The van der Waals surface area contributed by atoms with Crippen molar-refractivity contribution in [2.45, 2.75) is 32.9 Å². The number of carbonyl (C=O) groups excluding carboxylic acids is 2. The Bertz CT molecular complexity index is 2740. The molecule has 0 spiro atoms. The van der Waals surface area contributed by atoms with Gasteiger partial charge in [-0.25, -0.2) is 9.59 Å². The van der Waals surface area contributed by atoms with Crippen LogP contribution in [0, 0.1) is 0 Å². The molecule has 0 atom stereocenters. The van der Waals surface area contributed by atoms with Crippen molar-refractivity contribution < 1.29 is 50.1 Å². The first kappa shape index (κ1) is 44.2. The number of piperazine rings is 1. The van der Waals surface area contributed by atoms with E-state index in [4.69, 9.17) is 9.47 Å². The number of pyridine rings is 2. The Labute approximate surface area is 356 Å². The Morgan fingerprint density at radius 3 is 1.76 bits per heavy atom. The van der Waals surface area contributed by atoms with E-state index in [1.165, 1.54) is 30.5 Å². The quantitative estimate of drug-likeness (QED) is 0.0970. The number of alkyl halides is 6. The molecule has 1 saturated heterocycles. The van der Waals surface area contributed by atoms with E-state index in [0.717, 1.165) is 34.2 Å². The number of fused-ring (bicyclic) bond motifs is 2. The number of hydrogen-bond donors (Lipinski definition) is 0. The number of halogens is 6. The van der Waals surface area contributed by atoms with Crippen molar-refractivity contribution >= 4 is 23.2 Å². The van der Waals surface area contributed by atoms with Crippen molar-refractivity contribution in [3.05, 3.63) is 126 Å². The molecule has 7 aromatic rings. The van der Waals surface area contributed by atoms with Crippen LogP contribution in [0.5, 0.6) is 5.75 Å². The Balaban J connectivity index is 0.000000189. The van der Waals surface area contributed by atoms with Crippen LogP contribution in [-0.2, 0) is 22.2 Å². The van der Waals surface area contributed by atoms with Crippen molar-refractivity contribution in [1.29, 1.82) is 0 Å². The average molecular weight is 875 g/mol. The molecule has 19 heteroatoms. The molecular weight excluding hydrogens is 835 g/mol. The average Bonchev–Trinajstić information content (AvgIpc) is 3.90. The molecule has 5 heterocycles. The van der Waals surface area contributed by atoms with E-state index in [1.807, 2.05) is 52.9 Å². The first-order valence-corrected chi connectivity index (χ1v) is 19.7. The molecule has 1 aliphatic heterocycles. The summed E-state index contributed by atoms with van der Waals surface area (Å²) in [5, 5.41) is 15.2. The van der Waals surface area contributed by atoms with Crippen molar-refractivity contribution in [3.8, 4) is 39.4 Å². The molecule has 13 nitrogen and oxygen atoms in total. The lowest BCUT2D eigenvalue weighted by Crippen LogP contribution is -2.43. The Morgan fingerprint density at radius 2 is 1.16 bits per heavy atom. The fraction of sp³-hybridized carbons (Fsp3) is 0.273. The number of rotatable bonds is 10. The van der Waals surface area contributed by atoms with E-state index < -0.39 is 18.4 Å². The Kier molecular flexibility index (Phi) is 13.1. The number of benzene rings is 3. The van der Waals surface area contributed by atoms with Crippen molar-refractivity contribution in [1.82, 2.24) is 39.0 Å². The fourth-order valence-electron chi connectivity index (χ4n) is 6.91. The maximum atomic E-state index is 13.2. The van der Waals surface area contributed by atoms with Gasteiger partial charge in [-0.05, 0) is 104 Å². The number of likely N-dealkylation sites (N-methyl/N-ethyl adjacent to an activating group) is 1. The van der Waals surface area contributed by atoms with Gasteiger partial charge in [-0.15, -0.1) is 33.6 Å². The second-order valence-corrected chi connectivity index (χ2v) is 14.4. The smallest absolute Gasteiger partial charge is 0.462 e. The summed E-state index contributed by atoms with van der Waals surface area (Å²) in [5.41, 5.74) is 5.25. The van der Waals surface area contributed by atoms with Crippen LogP contribution in [-0.4, -0.2) is 104 Å².